The highest BCUT2D eigenvalue weighted by Crippen LogP contribution is 2.24. The number of thiazole rings is 1. The van der Waals surface area contributed by atoms with Gasteiger partial charge in [-0.1, -0.05) is 30.3 Å². The number of ether oxygens (including phenoxy) is 1. The summed E-state index contributed by atoms with van der Waals surface area (Å²) in [6.45, 7) is 0.264. The minimum atomic E-state index is -0.592. The van der Waals surface area contributed by atoms with E-state index in [2.05, 4.69) is 10.3 Å². The highest BCUT2D eigenvalue weighted by Gasteiger charge is 2.14. The molecule has 28 heavy (non-hydrogen) atoms. The molecule has 1 amide bonds. The van der Waals surface area contributed by atoms with E-state index in [1.54, 1.807) is 18.2 Å². The Kier molecular flexibility index (Phi) is 4.90. The van der Waals surface area contributed by atoms with Gasteiger partial charge in [-0.05, 0) is 12.1 Å². The molecule has 4 aromatic rings. The first kappa shape index (κ1) is 17.9. The first-order valence-corrected chi connectivity index (χ1v) is 9.42. The highest BCUT2D eigenvalue weighted by molar-refractivity contribution is 7.13. The lowest BCUT2D eigenvalue weighted by Crippen LogP contribution is -2.24. The van der Waals surface area contributed by atoms with E-state index in [-0.39, 0.29) is 18.0 Å². The molecule has 0 aliphatic rings. The topological polar surface area (TPSA) is 81.4 Å². The molecule has 0 aliphatic heterocycles. The van der Waals surface area contributed by atoms with E-state index in [1.165, 1.54) is 24.5 Å². The van der Waals surface area contributed by atoms with Gasteiger partial charge in [-0.3, -0.25) is 4.79 Å². The van der Waals surface area contributed by atoms with E-state index in [0.717, 1.165) is 16.3 Å². The molecule has 2 aromatic heterocycles. The van der Waals surface area contributed by atoms with Crippen LogP contribution in [-0.2, 0) is 6.54 Å². The lowest BCUT2D eigenvalue weighted by atomic mass is 10.1. The van der Waals surface area contributed by atoms with Gasteiger partial charge in [-0.15, -0.1) is 11.3 Å². The molecular weight excluding hydrogens is 376 g/mol. The summed E-state index contributed by atoms with van der Waals surface area (Å²) >= 11 is 1.52. The number of fused-ring (bicyclic) bond motifs is 1. The molecule has 1 N–H and O–H groups in total. The SMILES string of the molecule is COc1ccc2c(C(=O)NCc3csc(-c4ccccc4)n3)cc(=O)oc2c1. The van der Waals surface area contributed by atoms with E-state index in [0.29, 0.717) is 16.7 Å². The van der Waals surface area contributed by atoms with Crippen LogP contribution >= 0.6 is 11.3 Å². The van der Waals surface area contributed by atoms with Gasteiger partial charge in [0.1, 0.15) is 16.3 Å². The minimum Gasteiger partial charge on any atom is -0.497 e. The zero-order valence-corrected chi connectivity index (χ0v) is 15.8. The third kappa shape index (κ3) is 3.65. The molecule has 0 bridgehead atoms. The molecule has 6 nitrogen and oxygen atoms in total. The van der Waals surface area contributed by atoms with Gasteiger partial charge in [0.25, 0.3) is 5.91 Å². The van der Waals surface area contributed by atoms with Gasteiger partial charge in [0.05, 0.1) is 24.9 Å². The van der Waals surface area contributed by atoms with Crippen LogP contribution in [0, 0.1) is 0 Å². The summed E-state index contributed by atoms with van der Waals surface area (Å²) in [5.74, 6) is 0.182. The van der Waals surface area contributed by atoms with Crippen LogP contribution in [0.5, 0.6) is 5.75 Å². The predicted molar refractivity (Wildman–Crippen MR) is 108 cm³/mol. The van der Waals surface area contributed by atoms with Crippen LogP contribution in [-0.4, -0.2) is 18.0 Å². The van der Waals surface area contributed by atoms with Crippen molar-refractivity contribution in [3.63, 3.8) is 0 Å². The van der Waals surface area contributed by atoms with Gasteiger partial charge in [0.15, 0.2) is 0 Å². The Morgan fingerprint density at radius 2 is 2.00 bits per heavy atom. The summed E-state index contributed by atoms with van der Waals surface area (Å²) in [5, 5.41) is 6.16. The fourth-order valence-corrected chi connectivity index (χ4v) is 3.65. The third-order valence-corrected chi connectivity index (χ3v) is 5.14. The Balaban J connectivity index is 1.55. The van der Waals surface area contributed by atoms with E-state index >= 15 is 0 Å². The number of rotatable bonds is 5. The summed E-state index contributed by atoms with van der Waals surface area (Å²) < 4.78 is 10.3. The molecular formula is C21H16N2O4S. The van der Waals surface area contributed by atoms with Crippen LogP contribution in [0.15, 0.2) is 69.2 Å². The first-order chi connectivity index (χ1) is 13.6. The van der Waals surface area contributed by atoms with Crippen molar-refractivity contribution in [2.45, 2.75) is 6.54 Å². The Hall–Kier alpha value is -3.45. The van der Waals surface area contributed by atoms with Crippen molar-refractivity contribution in [3.05, 3.63) is 81.7 Å². The Labute approximate surface area is 164 Å². The Morgan fingerprint density at radius 1 is 1.18 bits per heavy atom. The Morgan fingerprint density at radius 3 is 2.79 bits per heavy atom. The maximum atomic E-state index is 12.7. The van der Waals surface area contributed by atoms with Crippen molar-refractivity contribution in [3.8, 4) is 16.3 Å². The van der Waals surface area contributed by atoms with Gasteiger partial charge in [0.2, 0.25) is 0 Å². The fourth-order valence-electron chi connectivity index (χ4n) is 2.83. The zero-order valence-electron chi connectivity index (χ0n) is 15.0. The molecule has 0 saturated heterocycles. The summed E-state index contributed by atoms with van der Waals surface area (Å²) in [4.78, 5) is 29.1. The van der Waals surface area contributed by atoms with Gasteiger partial charge < -0.3 is 14.5 Å². The van der Waals surface area contributed by atoms with E-state index in [9.17, 15) is 9.59 Å². The second kappa shape index (κ2) is 7.66. The molecule has 2 heterocycles. The first-order valence-electron chi connectivity index (χ1n) is 8.54. The van der Waals surface area contributed by atoms with E-state index < -0.39 is 5.63 Å². The monoisotopic (exact) mass is 392 g/mol. The maximum Gasteiger partial charge on any atom is 0.337 e. The number of benzene rings is 2. The largest absolute Gasteiger partial charge is 0.497 e. The summed E-state index contributed by atoms with van der Waals surface area (Å²) in [6, 6.07) is 16.0. The fraction of sp³-hybridized carbons (Fsp3) is 0.0952. The van der Waals surface area contributed by atoms with E-state index in [4.69, 9.17) is 9.15 Å². The number of carbonyl (C=O) groups excluding carboxylic acids is 1. The van der Waals surface area contributed by atoms with Crippen molar-refractivity contribution >= 4 is 28.2 Å². The van der Waals surface area contributed by atoms with Crippen molar-refractivity contribution in [2.24, 2.45) is 0 Å². The number of nitrogens with zero attached hydrogens (tertiary/aromatic N) is 1. The zero-order chi connectivity index (χ0) is 19.5. The number of hydrogen-bond donors (Lipinski definition) is 1. The van der Waals surface area contributed by atoms with Crippen molar-refractivity contribution < 1.29 is 13.9 Å². The standard InChI is InChI=1S/C21H16N2O4S/c1-26-15-7-8-16-17(10-19(24)27-18(16)9-15)20(25)22-11-14-12-28-21(23-14)13-5-3-2-4-6-13/h2-10,12H,11H2,1H3,(H,22,25). The number of nitrogens with one attached hydrogen (secondary N) is 1. The van der Waals surface area contributed by atoms with E-state index in [1.807, 2.05) is 35.7 Å². The van der Waals surface area contributed by atoms with Crippen LogP contribution < -0.4 is 15.7 Å². The molecule has 0 unspecified atom stereocenters. The number of amides is 1. The second-order valence-corrected chi connectivity index (χ2v) is 6.89. The molecule has 0 fully saturated rings. The average Bonchev–Trinajstić information content (AvgIpc) is 3.20. The maximum absolute atomic E-state index is 12.7. The smallest absolute Gasteiger partial charge is 0.337 e. The third-order valence-electron chi connectivity index (χ3n) is 4.20. The van der Waals surface area contributed by atoms with Crippen LogP contribution in [0.4, 0.5) is 0 Å². The molecule has 0 atom stereocenters. The van der Waals surface area contributed by atoms with Crippen molar-refractivity contribution in [1.29, 1.82) is 0 Å². The predicted octanol–water partition coefficient (Wildman–Crippen LogP) is 3.86. The minimum absolute atomic E-state index is 0.257. The normalized spacial score (nSPS) is 10.8. The van der Waals surface area contributed by atoms with Crippen molar-refractivity contribution in [2.75, 3.05) is 7.11 Å². The molecule has 0 saturated carbocycles. The lowest BCUT2D eigenvalue weighted by Gasteiger charge is -2.07. The Bertz CT molecular complexity index is 1200. The van der Waals surface area contributed by atoms with Crippen LogP contribution in [0.25, 0.3) is 21.5 Å². The van der Waals surface area contributed by atoms with Crippen molar-refractivity contribution in [1.82, 2.24) is 10.3 Å². The number of carbonyl (C=O) groups is 1. The van der Waals surface area contributed by atoms with Gasteiger partial charge in [-0.2, -0.15) is 0 Å². The quantitative estimate of drug-likeness (QED) is 0.522. The average molecular weight is 392 g/mol. The van der Waals surface area contributed by atoms with Gasteiger partial charge in [0, 0.05) is 28.5 Å². The second-order valence-electron chi connectivity index (χ2n) is 6.03. The summed E-state index contributed by atoms with van der Waals surface area (Å²) in [7, 11) is 1.52. The van der Waals surface area contributed by atoms with Crippen LogP contribution in [0.1, 0.15) is 16.1 Å². The van der Waals surface area contributed by atoms with Crippen LogP contribution in [0.2, 0.25) is 0 Å². The number of hydrogen-bond acceptors (Lipinski definition) is 6. The number of methoxy groups -OCH3 is 1. The molecule has 0 radical (unpaired) electrons. The molecule has 0 aliphatic carbocycles. The molecule has 7 heteroatoms. The van der Waals surface area contributed by atoms with Gasteiger partial charge >= 0.3 is 5.63 Å². The number of aromatic nitrogens is 1. The summed E-state index contributed by atoms with van der Waals surface area (Å²) in [6.07, 6.45) is 0. The summed E-state index contributed by atoms with van der Waals surface area (Å²) in [5.41, 5.74) is 1.76. The van der Waals surface area contributed by atoms with Crippen LogP contribution in [0.3, 0.4) is 0 Å². The lowest BCUT2D eigenvalue weighted by molar-refractivity contribution is 0.0951. The molecule has 0 spiro atoms. The molecule has 140 valence electrons. The van der Waals surface area contributed by atoms with Gasteiger partial charge in [-0.25, -0.2) is 9.78 Å². The molecule has 4 rings (SSSR count). The molecule has 2 aromatic carbocycles. The highest BCUT2D eigenvalue weighted by atomic mass is 32.1.